The molecule has 0 saturated carbocycles. The standard InChI is InChI=1S/C19H28N4O5S/c1-16(24)22-10-3-2-4-18(22)9-15-29(27,28)21-13-11-20(12-14-21)17-5-7-19(8-6-17)23(25)26/h5-8,18H,2-4,9-15H2,1H3. The molecule has 0 N–H and O–H groups in total. The molecule has 0 radical (unpaired) electrons. The minimum absolute atomic E-state index is 0.0115. The molecule has 160 valence electrons. The number of amides is 1. The number of carbonyl (C=O) groups is 1. The molecule has 10 heteroatoms. The van der Waals surface area contributed by atoms with E-state index in [0.29, 0.717) is 39.1 Å². The first-order valence-corrected chi connectivity index (χ1v) is 11.6. The Morgan fingerprint density at radius 3 is 2.34 bits per heavy atom. The van der Waals surface area contributed by atoms with Crippen LogP contribution in [0, 0.1) is 10.1 Å². The molecule has 0 aromatic heterocycles. The predicted octanol–water partition coefficient (Wildman–Crippen LogP) is 1.84. The molecule has 1 unspecified atom stereocenters. The average Bonchev–Trinajstić information content (AvgIpc) is 2.72. The van der Waals surface area contributed by atoms with Gasteiger partial charge in [-0.15, -0.1) is 0 Å². The summed E-state index contributed by atoms with van der Waals surface area (Å²) in [4.78, 5) is 26.0. The first-order chi connectivity index (χ1) is 13.8. The Hall–Kier alpha value is -2.20. The highest BCUT2D eigenvalue weighted by molar-refractivity contribution is 7.89. The lowest BCUT2D eigenvalue weighted by molar-refractivity contribution is -0.384. The number of carbonyl (C=O) groups excluding carboxylic acids is 1. The zero-order valence-corrected chi connectivity index (χ0v) is 17.5. The Labute approximate surface area is 171 Å². The number of benzene rings is 1. The molecule has 3 rings (SSSR count). The fourth-order valence-corrected chi connectivity index (χ4v) is 5.69. The van der Waals surface area contributed by atoms with Crippen molar-refractivity contribution in [2.75, 3.05) is 43.4 Å². The third-order valence-electron chi connectivity index (χ3n) is 5.80. The summed E-state index contributed by atoms with van der Waals surface area (Å²) >= 11 is 0. The van der Waals surface area contributed by atoms with E-state index < -0.39 is 14.9 Å². The van der Waals surface area contributed by atoms with Gasteiger partial charge in [-0.3, -0.25) is 14.9 Å². The normalized spacial score (nSPS) is 21.2. The average molecular weight is 425 g/mol. The van der Waals surface area contributed by atoms with E-state index in [0.717, 1.165) is 24.9 Å². The minimum atomic E-state index is -3.38. The van der Waals surface area contributed by atoms with Gasteiger partial charge in [0, 0.05) is 63.5 Å². The number of non-ortho nitro benzene ring substituents is 1. The number of hydrogen-bond donors (Lipinski definition) is 0. The van der Waals surface area contributed by atoms with Crippen molar-refractivity contribution in [2.45, 2.75) is 38.6 Å². The molecule has 2 heterocycles. The van der Waals surface area contributed by atoms with Crippen LogP contribution in [-0.4, -0.2) is 73.0 Å². The van der Waals surface area contributed by atoms with Crippen LogP contribution in [-0.2, 0) is 14.8 Å². The van der Waals surface area contributed by atoms with Gasteiger partial charge >= 0.3 is 0 Å². The lowest BCUT2D eigenvalue weighted by Gasteiger charge is -2.37. The molecule has 1 atom stereocenters. The molecular formula is C19H28N4O5S. The van der Waals surface area contributed by atoms with Crippen molar-refractivity contribution in [1.29, 1.82) is 0 Å². The molecule has 1 aromatic rings. The van der Waals surface area contributed by atoms with E-state index >= 15 is 0 Å². The lowest BCUT2D eigenvalue weighted by atomic mass is 10.00. The van der Waals surface area contributed by atoms with E-state index in [2.05, 4.69) is 0 Å². The zero-order chi connectivity index (χ0) is 21.0. The second-order valence-corrected chi connectivity index (χ2v) is 9.71. The second-order valence-electron chi connectivity index (χ2n) is 7.63. The van der Waals surface area contributed by atoms with Crippen molar-refractivity contribution < 1.29 is 18.1 Å². The van der Waals surface area contributed by atoms with Crippen molar-refractivity contribution in [2.24, 2.45) is 0 Å². The SMILES string of the molecule is CC(=O)N1CCCCC1CCS(=O)(=O)N1CCN(c2ccc([N+](=O)[O-])cc2)CC1. The van der Waals surface area contributed by atoms with Crippen LogP contribution < -0.4 is 4.90 Å². The fourth-order valence-electron chi connectivity index (χ4n) is 4.14. The molecule has 2 aliphatic heterocycles. The number of nitro benzene ring substituents is 1. The number of nitro groups is 1. The number of piperidine rings is 1. The topological polar surface area (TPSA) is 104 Å². The van der Waals surface area contributed by atoms with Crippen molar-refractivity contribution in [1.82, 2.24) is 9.21 Å². The smallest absolute Gasteiger partial charge is 0.269 e. The molecule has 9 nitrogen and oxygen atoms in total. The van der Waals surface area contributed by atoms with Gasteiger partial charge in [-0.25, -0.2) is 8.42 Å². The zero-order valence-electron chi connectivity index (χ0n) is 16.7. The van der Waals surface area contributed by atoms with Gasteiger partial charge in [-0.2, -0.15) is 4.31 Å². The summed E-state index contributed by atoms with van der Waals surface area (Å²) in [6.45, 7) is 4.12. The van der Waals surface area contributed by atoms with Crippen LogP contribution in [0.5, 0.6) is 0 Å². The Morgan fingerprint density at radius 2 is 1.76 bits per heavy atom. The van der Waals surface area contributed by atoms with Crippen LogP contribution in [0.15, 0.2) is 24.3 Å². The molecule has 2 fully saturated rings. The highest BCUT2D eigenvalue weighted by Crippen LogP contribution is 2.23. The van der Waals surface area contributed by atoms with E-state index in [4.69, 9.17) is 0 Å². The van der Waals surface area contributed by atoms with E-state index in [1.165, 1.54) is 16.4 Å². The van der Waals surface area contributed by atoms with Crippen molar-refractivity contribution in [3.05, 3.63) is 34.4 Å². The van der Waals surface area contributed by atoms with Crippen LogP contribution >= 0.6 is 0 Å². The maximum atomic E-state index is 12.8. The quantitative estimate of drug-likeness (QED) is 0.510. The third kappa shape index (κ3) is 5.24. The highest BCUT2D eigenvalue weighted by atomic mass is 32.2. The highest BCUT2D eigenvalue weighted by Gasteiger charge is 2.30. The molecule has 2 aliphatic rings. The molecule has 0 spiro atoms. The van der Waals surface area contributed by atoms with Crippen molar-refractivity contribution >= 4 is 27.3 Å². The number of hydrogen-bond acceptors (Lipinski definition) is 6. The third-order valence-corrected chi connectivity index (χ3v) is 7.70. The van der Waals surface area contributed by atoms with Gasteiger partial charge in [0.15, 0.2) is 0 Å². The lowest BCUT2D eigenvalue weighted by Crippen LogP contribution is -2.50. The van der Waals surface area contributed by atoms with E-state index in [-0.39, 0.29) is 23.4 Å². The summed E-state index contributed by atoms with van der Waals surface area (Å²) in [5, 5.41) is 10.8. The number of sulfonamides is 1. The number of anilines is 1. The summed E-state index contributed by atoms with van der Waals surface area (Å²) in [7, 11) is -3.38. The molecular weight excluding hydrogens is 396 g/mol. The number of rotatable bonds is 6. The fraction of sp³-hybridized carbons (Fsp3) is 0.632. The summed E-state index contributed by atoms with van der Waals surface area (Å²) in [5.41, 5.74) is 0.893. The first kappa shape index (κ1) is 21.5. The summed E-state index contributed by atoms with van der Waals surface area (Å²) < 4.78 is 27.1. The number of nitrogens with zero attached hydrogens (tertiary/aromatic N) is 4. The molecule has 1 aromatic carbocycles. The monoisotopic (exact) mass is 424 g/mol. The van der Waals surface area contributed by atoms with Crippen molar-refractivity contribution in [3.8, 4) is 0 Å². The van der Waals surface area contributed by atoms with Crippen LogP contribution in [0.3, 0.4) is 0 Å². The van der Waals surface area contributed by atoms with E-state index in [1.54, 1.807) is 19.1 Å². The van der Waals surface area contributed by atoms with Crippen molar-refractivity contribution in [3.63, 3.8) is 0 Å². The van der Waals surface area contributed by atoms with Gasteiger partial charge in [-0.1, -0.05) is 0 Å². The van der Waals surface area contributed by atoms with Gasteiger partial charge in [0.05, 0.1) is 10.7 Å². The molecule has 0 aliphatic carbocycles. The Kier molecular flexibility index (Phi) is 6.74. The second kappa shape index (κ2) is 9.08. The largest absolute Gasteiger partial charge is 0.369 e. The molecule has 29 heavy (non-hydrogen) atoms. The maximum absolute atomic E-state index is 12.8. The van der Waals surface area contributed by atoms with Crippen LogP contribution in [0.2, 0.25) is 0 Å². The van der Waals surface area contributed by atoms with Gasteiger partial charge in [0.25, 0.3) is 5.69 Å². The van der Waals surface area contributed by atoms with Gasteiger partial charge in [0.2, 0.25) is 15.9 Å². The number of piperazine rings is 1. The first-order valence-electron chi connectivity index (χ1n) is 10.0. The van der Waals surface area contributed by atoms with Gasteiger partial charge in [0.1, 0.15) is 0 Å². The van der Waals surface area contributed by atoms with Crippen LogP contribution in [0.4, 0.5) is 11.4 Å². The Balaban J connectivity index is 1.53. The van der Waals surface area contributed by atoms with Crippen LogP contribution in [0.25, 0.3) is 0 Å². The van der Waals surface area contributed by atoms with Gasteiger partial charge < -0.3 is 9.80 Å². The Morgan fingerprint density at radius 1 is 1.10 bits per heavy atom. The van der Waals surface area contributed by atoms with E-state index in [1.807, 2.05) is 9.80 Å². The molecule has 1 amide bonds. The molecule has 0 bridgehead atoms. The van der Waals surface area contributed by atoms with Crippen LogP contribution in [0.1, 0.15) is 32.6 Å². The van der Waals surface area contributed by atoms with E-state index in [9.17, 15) is 23.3 Å². The Bertz CT molecular complexity index is 835. The summed E-state index contributed by atoms with van der Waals surface area (Å²) in [5.74, 6) is 0.0720. The molecule has 2 saturated heterocycles. The van der Waals surface area contributed by atoms with Gasteiger partial charge in [-0.05, 0) is 37.8 Å². The summed E-state index contributed by atoms with van der Waals surface area (Å²) in [6.07, 6.45) is 3.35. The minimum Gasteiger partial charge on any atom is -0.369 e. The summed E-state index contributed by atoms with van der Waals surface area (Å²) in [6, 6.07) is 6.33. The number of likely N-dealkylation sites (tertiary alicyclic amines) is 1. The maximum Gasteiger partial charge on any atom is 0.269 e. The predicted molar refractivity (Wildman–Crippen MR) is 110 cm³/mol.